The van der Waals surface area contributed by atoms with Gasteiger partial charge in [-0.3, -0.25) is 13.4 Å². The van der Waals surface area contributed by atoms with Gasteiger partial charge in [0.1, 0.15) is 29.3 Å². The fourth-order valence-corrected chi connectivity index (χ4v) is 5.26. The molecule has 212 valence electrons. The Morgan fingerprint density at radius 3 is 2.64 bits per heavy atom. The summed E-state index contributed by atoms with van der Waals surface area (Å²) in [6, 6.07) is 14.6. The van der Waals surface area contributed by atoms with Crippen LogP contribution in [0.1, 0.15) is 18.5 Å². The van der Waals surface area contributed by atoms with Gasteiger partial charge >= 0.3 is 0 Å². The Bertz CT molecular complexity index is 2140. The molecule has 0 bridgehead atoms. The minimum absolute atomic E-state index is 0.0669. The average molecular weight is 587 g/mol. The number of rotatable bonds is 6. The number of thiol groups is 1. The Hall–Kier alpha value is -5.21. The maximum atomic E-state index is 14.1. The van der Waals surface area contributed by atoms with Crippen molar-refractivity contribution in [3.63, 3.8) is 0 Å². The minimum Gasteiger partial charge on any atom is -0.492 e. The first kappa shape index (κ1) is 27.0. The summed E-state index contributed by atoms with van der Waals surface area (Å²) in [5, 5.41) is 15.4. The molecule has 3 N–H and O–H groups in total. The molecule has 42 heavy (non-hydrogen) atoms. The largest absolute Gasteiger partial charge is 0.492 e. The SMILES string of the molecule is CO[SH](=O)=Nc1cc(-c2nn([C@@H](C)c3cc4ccc(F)cn4c(=O)c3-c3ccccc3)c3ncnc(N)c23)cnc1O. The third-order valence-corrected chi connectivity index (χ3v) is 7.52. The summed E-state index contributed by atoms with van der Waals surface area (Å²) in [6.45, 7) is 1.86. The van der Waals surface area contributed by atoms with Gasteiger partial charge in [-0.15, -0.1) is 0 Å². The van der Waals surface area contributed by atoms with Crippen molar-refractivity contribution >= 4 is 38.9 Å². The van der Waals surface area contributed by atoms with Crippen molar-refractivity contribution in [1.82, 2.24) is 29.1 Å². The van der Waals surface area contributed by atoms with Gasteiger partial charge in [0.05, 0.1) is 24.1 Å². The monoisotopic (exact) mass is 586 g/mol. The van der Waals surface area contributed by atoms with Crippen LogP contribution in [0, 0.1) is 5.82 Å². The van der Waals surface area contributed by atoms with E-state index in [9.17, 15) is 18.5 Å². The lowest BCUT2D eigenvalue weighted by Gasteiger charge is -2.19. The fourth-order valence-electron chi connectivity index (χ4n) is 4.86. The molecule has 0 aliphatic heterocycles. The molecule has 0 amide bonds. The standard InChI is InChI=1S/C28H23FN8O4S/c1-15(20-11-19-9-8-18(29)13-36(19)28(39)22(20)16-6-4-3-5-7-16)37-26-23(25(30)32-14-33-26)24(34-37)17-10-21(27(38)31-12-17)35-42(40)41-2/h3-15,42H,1-2H3,(H,31,38)(H2,30,32,33)/t15-/m0/s1. The van der Waals surface area contributed by atoms with Crippen LogP contribution in [0.3, 0.4) is 0 Å². The highest BCUT2D eigenvalue weighted by Crippen LogP contribution is 2.37. The molecule has 6 aromatic rings. The molecule has 0 saturated heterocycles. The second kappa shape index (κ2) is 10.6. The van der Waals surface area contributed by atoms with Crippen molar-refractivity contribution in [1.29, 1.82) is 0 Å². The zero-order valence-electron chi connectivity index (χ0n) is 22.2. The maximum Gasteiger partial charge on any atom is 0.263 e. The van der Waals surface area contributed by atoms with Crippen LogP contribution >= 0.6 is 0 Å². The number of aromatic nitrogens is 6. The van der Waals surface area contributed by atoms with E-state index in [-0.39, 0.29) is 11.5 Å². The number of benzene rings is 1. The first-order valence-corrected chi connectivity index (χ1v) is 13.7. The molecule has 0 saturated carbocycles. The average Bonchev–Trinajstić information content (AvgIpc) is 3.39. The Labute approximate surface area is 239 Å². The first-order chi connectivity index (χ1) is 20.3. The zero-order valence-corrected chi connectivity index (χ0v) is 23.1. The minimum atomic E-state index is -2.43. The van der Waals surface area contributed by atoms with Gasteiger partial charge in [-0.1, -0.05) is 30.3 Å². The molecule has 2 atom stereocenters. The Morgan fingerprint density at radius 1 is 1.10 bits per heavy atom. The molecule has 0 fully saturated rings. The van der Waals surface area contributed by atoms with Gasteiger partial charge in [0.25, 0.3) is 5.56 Å². The third kappa shape index (κ3) is 4.61. The second-order valence-electron chi connectivity index (χ2n) is 9.30. The molecular formula is C28H23FN8O4S. The van der Waals surface area contributed by atoms with Gasteiger partial charge in [-0.05, 0) is 42.3 Å². The van der Waals surface area contributed by atoms with E-state index in [4.69, 9.17) is 15.0 Å². The van der Waals surface area contributed by atoms with Crippen molar-refractivity contribution in [3.05, 3.63) is 95.1 Å². The third-order valence-electron chi connectivity index (χ3n) is 6.83. The Morgan fingerprint density at radius 2 is 1.88 bits per heavy atom. The number of halogens is 1. The fraction of sp³-hybridized carbons (Fsp3) is 0.107. The molecule has 0 radical (unpaired) electrons. The van der Waals surface area contributed by atoms with Crippen LogP contribution < -0.4 is 11.3 Å². The molecule has 0 aliphatic carbocycles. The number of nitrogen functional groups attached to an aromatic ring is 1. The van der Waals surface area contributed by atoms with E-state index in [0.717, 1.165) is 6.20 Å². The predicted octanol–water partition coefficient (Wildman–Crippen LogP) is 4.06. The van der Waals surface area contributed by atoms with Crippen molar-refractivity contribution in [2.45, 2.75) is 13.0 Å². The van der Waals surface area contributed by atoms with Crippen LogP contribution in [0.4, 0.5) is 15.9 Å². The second-order valence-corrected chi connectivity index (χ2v) is 10.3. The number of nitrogens with two attached hydrogens (primary N) is 1. The highest BCUT2D eigenvalue weighted by molar-refractivity contribution is 7.69. The molecule has 0 aliphatic rings. The summed E-state index contributed by atoms with van der Waals surface area (Å²) >= 11 is 0. The van der Waals surface area contributed by atoms with Gasteiger partial charge in [-0.2, -0.15) is 9.46 Å². The summed E-state index contributed by atoms with van der Waals surface area (Å²) in [5.74, 6) is -0.843. The summed E-state index contributed by atoms with van der Waals surface area (Å²) in [4.78, 5) is 26.4. The first-order valence-electron chi connectivity index (χ1n) is 12.6. The number of hydrogen-bond acceptors (Lipinski definition) is 10. The van der Waals surface area contributed by atoms with Crippen LogP contribution in [0.5, 0.6) is 5.88 Å². The molecule has 12 nitrogen and oxygen atoms in total. The Balaban J connectivity index is 1.61. The zero-order chi connectivity index (χ0) is 29.5. The number of aromatic hydroxyl groups is 1. The van der Waals surface area contributed by atoms with Crippen LogP contribution in [-0.4, -0.2) is 45.6 Å². The van der Waals surface area contributed by atoms with Crippen LogP contribution in [0.25, 0.3) is 38.9 Å². The molecule has 0 spiro atoms. The molecule has 1 aromatic carbocycles. The molecule has 5 heterocycles. The summed E-state index contributed by atoms with van der Waals surface area (Å²) in [7, 11) is -1.20. The summed E-state index contributed by atoms with van der Waals surface area (Å²) < 4.78 is 37.5. The van der Waals surface area contributed by atoms with Crippen molar-refractivity contribution in [3.8, 4) is 28.3 Å². The summed E-state index contributed by atoms with van der Waals surface area (Å²) in [6.07, 6.45) is 3.83. The van der Waals surface area contributed by atoms with Crippen LogP contribution in [0.2, 0.25) is 0 Å². The van der Waals surface area contributed by atoms with E-state index in [1.165, 1.54) is 42.2 Å². The molecule has 5 aromatic heterocycles. The van der Waals surface area contributed by atoms with Crippen LogP contribution in [-0.2, 0) is 15.1 Å². The quantitative estimate of drug-likeness (QED) is 0.244. The number of fused-ring (bicyclic) bond motifs is 2. The number of hydrogen-bond donors (Lipinski definition) is 3. The molecule has 14 heteroatoms. The van der Waals surface area contributed by atoms with Gasteiger partial charge in [-0.25, -0.2) is 28.2 Å². The lowest BCUT2D eigenvalue weighted by Crippen LogP contribution is -2.21. The van der Waals surface area contributed by atoms with Crippen molar-refractivity contribution in [2.75, 3.05) is 12.8 Å². The van der Waals surface area contributed by atoms with Crippen molar-refractivity contribution < 1.29 is 17.9 Å². The van der Waals surface area contributed by atoms with Gasteiger partial charge in [0.15, 0.2) is 16.5 Å². The lowest BCUT2D eigenvalue weighted by atomic mass is 9.96. The van der Waals surface area contributed by atoms with Gasteiger partial charge in [0.2, 0.25) is 5.88 Å². The molecule has 1 unspecified atom stereocenters. The summed E-state index contributed by atoms with van der Waals surface area (Å²) in [5.41, 5.74) is 9.05. The van der Waals surface area contributed by atoms with Crippen LogP contribution in [0.15, 0.2) is 82.5 Å². The highest BCUT2D eigenvalue weighted by Gasteiger charge is 2.25. The Kier molecular flexibility index (Phi) is 6.84. The van der Waals surface area contributed by atoms with E-state index >= 15 is 0 Å². The van der Waals surface area contributed by atoms with E-state index in [2.05, 4.69) is 19.3 Å². The smallest absolute Gasteiger partial charge is 0.263 e. The highest BCUT2D eigenvalue weighted by atomic mass is 32.2. The number of nitrogens with zero attached hydrogens (tertiary/aromatic N) is 7. The van der Waals surface area contributed by atoms with Crippen molar-refractivity contribution in [2.24, 2.45) is 4.36 Å². The lowest BCUT2D eigenvalue weighted by molar-refractivity contribution is 0.448. The number of anilines is 1. The predicted molar refractivity (Wildman–Crippen MR) is 156 cm³/mol. The normalized spacial score (nSPS) is 13.1. The van der Waals surface area contributed by atoms with E-state index in [1.807, 2.05) is 43.3 Å². The number of pyridine rings is 3. The van der Waals surface area contributed by atoms with E-state index in [1.54, 1.807) is 4.68 Å². The van der Waals surface area contributed by atoms with E-state index in [0.29, 0.717) is 44.5 Å². The van der Waals surface area contributed by atoms with Gasteiger partial charge in [0, 0.05) is 23.5 Å². The molecular weight excluding hydrogens is 563 g/mol. The molecule has 6 rings (SSSR count). The van der Waals surface area contributed by atoms with Gasteiger partial charge < -0.3 is 10.8 Å². The van der Waals surface area contributed by atoms with E-state index < -0.39 is 34.2 Å². The maximum absolute atomic E-state index is 14.1. The topological polar surface area (TPSA) is 163 Å².